The Bertz CT molecular complexity index is 1040. The lowest BCUT2D eigenvalue weighted by Gasteiger charge is -2.26. The first-order chi connectivity index (χ1) is 14.6. The van der Waals surface area contributed by atoms with Crippen LogP contribution >= 0.6 is 0 Å². The zero-order chi connectivity index (χ0) is 20.9. The van der Waals surface area contributed by atoms with Crippen molar-refractivity contribution >= 4 is 17.0 Å². The molecule has 0 bridgehead atoms. The van der Waals surface area contributed by atoms with E-state index >= 15 is 0 Å². The molecule has 2 aromatic heterocycles. The van der Waals surface area contributed by atoms with Gasteiger partial charge in [0.25, 0.3) is 0 Å². The molecule has 0 saturated carbocycles. The van der Waals surface area contributed by atoms with Gasteiger partial charge in [-0.05, 0) is 37.1 Å². The third kappa shape index (κ3) is 4.63. The van der Waals surface area contributed by atoms with Gasteiger partial charge >= 0.3 is 11.7 Å². The van der Waals surface area contributed by atoms with Crippen LogP contribution in [0, 0.1) is 0 Å². The fourth-order valence-electron chi connectivity index (χ4n) is 3.77. The molecule has 3 aromatic rings. The monoisotopic (exact) mass is 412 g/mol. The number of aromatic nitrogens is 4. The van der Waals surface area contributed by atoms with Crippen LogP contribution in [0.4, 0.5) is 5.82 Å². The molecule has 4 rings (SSSR count). The minimum absolute atomic E-state index is 0.127. The zero-order valence-corrected chi connectivity index (χ0v) is 17.3. The van der Waals surface area contributed by atoms with Gasteiger partial charge in [-0.15, -0.1) is 0 Å². The van der Waals surface area contributed by atoms with Crippen LogP contribution in [-0.2, 0) is 17.8 Å². The molecule has 0 unspecified atom stereocenters. The molecule has 3 heterocycles. The Balaban J connectivity index is 1.52. The molecule has 3 N–H and O–H groups in total. The predicted octanol–water partition coefficient (Wildman–Crippen LogP) is 1.76. The fraction of sp³-hybridized carbons (Fsp3) is 0.476. The molecule has 1 aromatic carbocycles. The van der Waals surface area contributed by atoms with E-state index in [-0.39, 0.29) is 17.5 Å². The Morgan fingerprint density at radius 2 is 1.73 bits per heavy atom. The zero-order valence-electron chi connectivity index (χ0n) is 17.3. The van der Waals surface area contributed by atoms with Gasteiger partial charge in [0.15, 0.2) is 11.5 Å². The highest BCUT2D eigenvalue weighted by Crippen LogP contribution is 2.19. The van der Waals surface area contributed by atoms with Crippen molar-refractivity contribution < 1.29 is 9.47 Å². The second-order valence-electron chi connectivity index (χ2n) is 7.60. The minimum atomic E-state index is -0.280. The summed E-state index contributed by atoms with van der Waals surface area (Å²) >= 11 is 0. The van der Waals surface area contributed by atoms with E-state index in [0.717, 1.165) is 12.1 Å². The van der Waals surface area contributed by atoms with E-state index in [1.807, 2.05) is 0 Å². The van der Waals surface area contributed by atoms with Gasteiger partial charge in [0, 0.05) is 13.7 Å². The second kappa shape index (κ2) is 9.27. The molecule has 0 radical (unpaired) electrons. The highest BCUT2D eigenvalue weighted by molar-refractivity contribution is 5.81. The lowest BCUT2D eigenvalue weighted by molar-refractivity contribution is 0.141. The largest absolute Gasteiger partial charge is 0.461 e. The van der Waals surface area contributed by atoms with Crippen LogP contribution in [-0.4, -0.2) is 57.8 Å². The number of piperidine rings is 1. The lowest BCUT2D eigenvalue weighted by atomic mass is 10.1. The van der Waals surface area contributed by atoms with Crippen molar-refractivity contribution in [3.05, 3.63) is 45.9 Å². The van der Waals surface area contributed by atoms with Crippen molar-refractivity contribution in [1.29, 1.82) is 0 Å². The van der Waals surface area contributed by atoms with E-state index in [2.05, 4.69) is 44.1 Å². The number of aromatic amines is 1. The highest BCUT2D eigenvalue weighted by Gasteiger charge is 2.15. The number of methoxy groups -OCH3 is 1. The SMILES string of the molecule is COCCOc1nc(N)c2[nH]c(=O)n(Cc3ccc(CN4CCCCC4)cc3)c2n1. The molecule has 0 spiro atoms. The number of nitrogens with zero attached hydrogens (tertiary/aromatic N) is 4. The molecule has 0 aliphatic carbocycles. The van der Waals surface area contributed by atoms with E-state index in [0.29, 0.717) is 30.9 Å². The van der Waals surface area contributed by atoms with Gasteiger partial charge in [0.2, 0.25) is 0 Å². The van der Waals surface area contributed by atoms with Crippen molar-refractivity contribution in [1.82, 2.24) is 24.4 Å². The van der Waals surface area contributed by atoms with Gasteiger partial charge in [-0.25, -0.2) is 4.79 Å². The molecular formula is C21H28N6O3. The summed E-state index contributed by atoms with van der Waals surface area (Å²) in [5.74, 6) is 0.181. The molecule has 1 fully saturated rings. The van der Waals surface area contributed by atoms with Crippen LogP contribution in [0.3, 0.4) is 0 Å². The number of ether oxygens (including phenoxy) is 2. The summed E-state index contributed by atoms with van der Waals surface area (Å²) in [5.41, 5.74) is 8.86. The minimum Gasteiger partial charge on any atom is -0.461 e. The van der Waals surface area contributed by atoms with Crippen molar-refractivity contribution in [2.45, 2.75) is 32.4 Å². The number of nitrogen functional groups attached to an aromatic ring is 1. The van der Waals surface area contributed by atoms with E-state index in [9.17, 15) is 4.79 Å². The summed E-state index contributed by atoms with van der Waals surface area (Å²) in [6.45, 7) is 4.40. The third-order valence-electron chi connectivity index (χ3n) is 5.37. The van der Waals surface area contributed by atoms with Crippen LogP contribution in [0.5, 0.6) is 6.01 Å². The van der Waals surface area contributed by atoms with Gasteiger partial charge < -0.3 is 20.2 Å². The van der Waals surface area contributed by atoms with Crippen molar-refractivity contribution in [3.8, 4) is 6.01 Å². The number of fused-ring (bicyclic) bond motifs is 1. The first-order valence-corrected chi connectivity index (χ1v) is 10.3. The lowest BCUT2D eigenvalue weighted by Crippen LogP contribution is -2.29. The summed E-state index contributed by atoms with van der Waals surface area (Å²) in [7, 11) is 1.59. The molecule has 1 aliphatic heterocycles. The molecule has 1 aliphatic rings. The van der Waals surface area contributed by atoms with Gasteiger partial charge in [-0.1, -0.05) is 30.7 Å². The Hall–Kier alpha value is -2.91. The Kier molecular flexibility index (Phi) is 6.29. The molecule has 0 amide bonds. The maximum atomic E-state index is 12.5. The summed E-state index contributed by atoms with van der Waals surface area (Å²) in [4.78, 5) is 26.2. The molecule has 160 valence electrons. The first kappa shape index (κ1) is 20.4. The van der Waals surface area contributed by atoms with Crippen LogP contribution in [0.25, 0.3) is 11.2 Å². The van der Waals surface area contributed by atoms with Gasteiger partial charge in [-0.3, -0.25) is 9.47 Å². The number of nitrogens with one attached hydrogen (secondary N) is 1. The number of H-pyrrole nitrogens is 1. The van der Waals surface area contributed by atoms with Crippen molar-refractivity contribution in [2.24, 2.45) is 0 Å². The van der Waals surface area contributed by atoms with Gasteiger partial charge in [0.1, 0.15) is 12.1 Å². The number of rotatable bonds is 8. The number of imidazole rings is 1. The number of hydrogen-bond donors (Lipinski definition) is 2. The summed E-state index contributed by atoms with van der Waals surface area (Å²) < 4.78 is 12.0. The molecule has 0 atom stereocenters. The van der Waals surface area contributed by atoms with E-state index < -0.39 is 0 Å². The van der Waals surface area contributed by atoms with E-state index in [4.69, 9.17) is 15.2 Å². The second-order valence-corrected chi connectivity index (χ2v) is 7.60. The van der Waals surface area contributed by atoms with Crippen LogP contribution in [0.2, 0.25) is 0 Å². The topological polar surface area (TPSA) is 111 Å². The van der Waals surface area contributed by atoms with Gasteiger partial charge in [-0.2, -0.15) is 9.97 Å². The Labute approximate surface area is 174 Å². The Morgan fingerprint density at radius 1 is 1.03 bits per heavy atom. The van der Waals surface area contributed by atoms with Crippen molar-refractivity contribution in [3.63, 3.8) is 0 Å². The van der Waals surface area contributed by atoms with Crippen LogP contribution in [0.1, 0.15) is 30.4 Å². The van der Waals surface area contributed by atoms with Crippen LogP contribution < -0.4 is 16.2 Å². The molecule has 30 heavy (non-hydrogen) atoms. The number of likely N-dealkylation sites (tertiary alicyclic amines) is 1. The average Bonchev–Trinajstić information content (AvgIpc) is 3.06. The highest BCUT2D eigenvalue weighted by atomic mass is 16.5. The maximum absolute atomic E-state index is 12.5. The molecule has 9 heteroatoms. The summed E-state index contributed by atoms with van der Waals surface area (Å²) in [5, 5.41) is 0. The quantitative estimate of drug-likeness (QED) is 0.542. The maximum Gasteiger partial charge on any atom is 0.328 e. The number of anilines is 1. The van der Waals surface area contributed by atoms with Crippen LogP contribution in [0.15, 0.2) is 29.1 Å². The smallest absolute Gasteiger partial charge is 0.328 e. The van der Waals surface area contributed by atoms with E-state index in [1.54, 1.807) is 11.7 Å². The molecule has 9 nitrogen and oxygen atoms in total. The summed E-state index contributed by atoms with van der Waals surface area (Å²) in [6.07, 6.45) is 3.90. The van der Waals surface area contributed by atoms with E-state index in [1.165, 1.54) is 37.9 Å². The average molecular weight is 412 g/mol. The Morgan fingerprint density at radius 3 is 2.43 bits per heavy atom. The number of nitrogens with two attached hydrogens (primary N) is 1. The van der Waals surface area contributed by atoms with Gasteiger partial charge in [0.05, 0.1) is 13.2 Å². The number of benzene rings is 1. The summed E-state index contributed by atoms with van der Waals surface area (Å²) in [6, 6.07) is 8.51. The first-order valence-electron chi connectivity index (χ1n) is 10.3. The molecule has 1 saturated heterocycles. The third-order valence-corrected chi connectivity index (χ3v) is 5.37. The standard InChI is InChI=1S/C21H28N6O3/c1-29-11-12-30-20-24-18(22)17-19(25-20)27(21(28)23-17)14-16-7-5-15(6-8-16)13-26-9-3-2-4-10-26/h5-8H,2-4,9-14H2,1H3,(H,23,28)(H2,22,24,25). The normalized spacial score (nSPS) is 15.0. The number of hydrogen-bond acceptors (Lipinski definition) is 7. The predicted molar refractivity (Wildman–Crippen MR) is 115 cm³/mol. The molecular weight excluding hydrogens is 384 g/mol. The van der Waals surface area contributed by atoms with Crippen molar-refractivity contribution in [2.75, 3.05) is 39.1 Å². The fourth-order valence-corrected chi connectivity index (χ4v) is 3.77.